The van der Waals surface area contributed by atoms with Gasteiger partial charge in [0.15, 0.2) is 0 Å². The van der Waals surface area contributed by atoms with Crippen LogP contribution in [-0.2, 0) is 16.0 Å². The number of hydrogen-bond acceptors (Lipinski definition) is 2. The molecule has 1 aliphatic heterocycles. The van der Waals surface area contributed by atoms with E-state index >= 15 is 0 Å². The zero-order chi connectivity index (χ0) is 19.2. The first-order chi connectivity index (χ1) is 13.0. The van der Waals surface area contributed by atoms with Crippen molar-refractivity contribution >= 4 is 11.8 Å². The lowest BCUT2D eigenvalue weighted by Gasteiger charge is -2.35. The second-order valence-electron chi connectivity index (χ2n) is 8.19. The minimum Gasteiger partial charge on any atom is -0.356 e. The van der Waals surface area contributed by atoms with E-state index in [9.17, 15) is 14.0 Å². The Morgan fingerprint density at radius 1 is 1.04 bits per heavy atom. The smallest absolute Gasteiger partial charge is 0.225 e. The largest absolute Gasteiger partial charge is 0.356 e. The van der Waals surface area contributed by atoms with Crippen LogP contribution in [-0.4, -0.2) is 36.3 Å². The van der Waals surface area contributed by atoms with Crippen molar-refractivity contribution in [2.75, 3.05) is 19.6 Å². The van der Waals surface area contributed by atoms with Gasteiger partial charge in [0.05, 0.1) is 0 Å². The van der Waals surface area contributed by atoms with Gasteiger partial charge in [0.2, 0.25) is 11.8 Å². The summed E-state index contributed by atoms with van der Waals surface area (Å²) in [5.41, 5.74) is 0.628. The highest BCUT2D eigenvalue weighted by molar-refractivity contribution is 5.81. The van der Waals surface area contributed by atoms with Crippen LogP contribution in [0.3, 0.4) is 0 Å². The fraction of sp³-hybridized carbons (Fsp3) is 0.636. The Morgan fingerprint density at radius 2 is 1.67 bits per heavy atom. The van der Waals surface area contributed by atoms with Crippen LogP contribution >= 0.6 is 0 Å². The summed E-state index contributed by atoms with van der Waals surface area (Å²) in [6.45, 7) is 4.47. The van der Waals surface area contributed by atoms with Crippen LogP contribution in [0.15, 0.2) is 24.3 Å². The van der Waals surface area contributed by atoms with Gasteiger partial charge in [-0.2, -0.15) is 0 Å². The van der Waals surface area contributed by atoms with E-state index in [-0.39, 0.29) is 23.6 Å². The fourth-order valence-corrected chi connectivity index (χ4v) is 4.26. The van der Waals surface area contributed by atoms with Crippen molar-refractivity contribution in [2.45, 2.75) is 51.9 Å². The molecule has 0 aromatic heterocycles. The maximum Gasteiger partial charge on any atom is 0.225 e. The number of amides is 2. The molecule has 2 amide bonds. The molecule has 27 heavy (non-hydrogen) atoms. The van der Waals surface area contributed by atoms with E-state index in [1.165, 1.54) is 6.07 Å². The average Bonchev–Trinajstić information content (AvgIpc) is 2.69. The standard InChI is InChI=1S/C22H31FN2O2/c1-16-11-14-25(15-12-16)22(27)19-8-6-18(7-9-19)21(26)24-13-10-17-4-2-3-5-20(17)23/h2-5,16,18-19H,6-15H2,1H3,(H,24,26). The average molecular weight is 375 g/mol. The van der Waals surface area contributed by atoms with Crippen molar-refractivity contribution in [3.8, 4) is 0 Å². The van der Waals surface area contributed by atoms with Crippen molar-refractivity contribution in [1.82, 2.24) is 10.2 Å². The van der Waals surface area contributed by atoms with Crippen molar-refractivity contribution in [1.29, 1.82) is 0 Å². The Bertz CT molecular complexity index is 647. The highest BCUT2D eigenvalue weighted by atomic mass is 19.1. The first kappa shape index (κ1) is 19.8. The summed E-state index contributed by atoms with van der Waals surface area (Å²) in [4.78, 5) is 27.1. The fourth-order valence-electron chi connectivity index (χ4n) is 4.26. The van der Waals surface area contributed by atoms with Crippen LogP contribution in [0.4, 0.5) is 4.39 Å². The Hall–Kier alpha value is -1.91. The van der Waals surface area contributed by atoms with Gasteiger partial charge in [0.25, 0.3) is 0 Å². The highest BCUT2D eigenvalue weighted by Crippen LogP contribution is 2.31. The van der Waals surface area contributed by atoms with Crippen LogP contribution in [0.5, 0.6) is 0 Å². The van der Waals surface area contributed by atoms with E-state index < -0.39 is 0 Å². The number of rotatable bonds is 5. The molecule has 5 heteroatoms. The maximum atomic E-state index is 13.6. The van der Waals surface area contributed by atoms with Gasteiger partial charge in [0.1, 0.15) is 5.82 Å². The second-order valence-corrected chi connectivity index (χ2v) is 8.19. The lowest BCUT2D eigenvalue weighted by atomic mass is 9.80. The zero-order valence-electron chi connectivity index (χ0n) is 16.3. The Kier molecular flexibility index (Phi) is 6.86. The Balaban J connectivity index is 1.39. The summed E-state index contributed by atoms with van der Waals surface area (Å²) in [5, 5.41) is 2.94. The van der Waals surface area contributed by atoms with Gasteiger partial charge in [-0.15, -0.1) is 0 Å². The summed E-state index contributed by atoms with van der Waals surface area (Å²) in [6.07, 6.45) is 5.85. The molecule has 1 saturated heterocycles. The number of likely N-dealkylation sites (tertiary alicyclic amines) is 1. The van der Waals surface area contributed by atoms with Crippen molar-refractivity contribution in [3.63, 3.8) is 0 Å². The number of nitrogens with zero attached hydrogens (tertiary/aromatic N) is 1. The molecule has 0 radical (unpaired) electrons. The van der Waals surface area contributed by atoms with Gasteiger partial charge < -0.3 is 10.2 Å². The zero-order valence-corrected chi connectivity index (χ0v) is 16.3. The Morgan fingerprint density at radius 3 is 2.33 bits per heavy atom. The van der Waals surface area contributed by atoms with Gasteiger partial charge in [-0.25, -0.2) is 4.39 Å². The lowest BCUT2D eigenvalue weighted by molar-refractivity contribution is -0.139. The third kappa shape index (κ3) is 5.30. The maximum absolute atomic E-state index is 13.6. The number of carbonyl (C=O) groups is 2. The van der Waals surface area contributed by atoms with Crippen LogP contribution < -0.4 is 5.32 Å². The second kappa shape index (κ2) is 9.34. The topological polar surface area (TPSA) is 49.4 Å². The first-order valence-corrected chi connectivity index (χ1v) is 10.3. The van der Waals surface area contributed by atoms with Crippen molar-refractivity contribution in [2.24, 2.45) is 17.8 Å². The molecule has 148 valence electrons. The van der Waals surface area contributed by atoms with Gasteiger partial charge in [0, 0.05) is 31.5 Å². The van der Waals surface area contributed by atoms with Crippen LogP contribution in [0.1, 0.15) is 51.0 Å². The van der Waals surface area contributed by atoms with Crippen molar-refractivity contribution in [3.05, 3.63) is 35.6 Å². The molecule has 1 aliphatic carbocycles. The molecule has 0 spiro atoms. The predicted molar refractivity (Wildman–Crippen MR) is 104 cm³/mol. The summed E-state index contributed by atoms with van der Waals surface area (Å²) in [5.74, 6) is 0.900. The van der Waals surface area contributed by atoms with Crippen LogP contribution in [0.25, 0.3) is 0 Å². The van der Waals surface area contributed by atoms with Crippen LogP contribution in [0, 0.1) is 23.6 Å². The van der Waals surface area contributed by atoms with Crippen LogP contribution in [0.2, 0.25) is 0 Å². The third-order valence-electron chi connectivity index (χ3n) is 6.19. The van der Waals surface area contributed by atoms with Gasteiger partial charge in [-0.1, -0.05) is 25.1 Å². The third-order valence-corrected chi connectivity index (χ3v) is 6.19. The minimum absolute atomic E-state index is 0.0175. The quantitative estimate of drug-likeness (QED) is 0.857. The van der Waals surface area contributed by atoms with E-state index in [4.69, 9.17) is 0 Å². The number of carbonyl (C=O) groups excluding carboxylic acids is 2. The monoisotopic (exact) mass is 374 g/mol. The summed E-state index contributed by atoms with van der Waals surface area (Å²) >= 11 is 0. The lowest BCUT2D eigenvalue weighted by Crippen LogP contribution is -2.43. The molecular formula is C22H31FN2O2. The molecule has 0 unspecified atom stereocenters. The van der Waals surface area contributed by atoms with E-state index in [1.54, 1.807) is 12.1 Å². The number of benzene rings is 1. The molecule has 4 nitrogen and oxygen atoms in total. The molecular weight excluding hydrogens is 343 g/mol. The summed E-state index contributed by atoms with van der Waals surface area (Å²) < 4.78 is 13.6. The van der Waals surface area contributed by atoms with Gasteiger partial charge >= 0.3 is 0 Å². The molecule has 1 saturated carbocycles. The normalized spacial score (nSPS) is 23.9. The molecule has 0 atom stereocenters. The number of halogens is 1. The summed E-state index contributed by atoms with van der Waals surface area (Å²) in [6, 6.07) is 6.67. The minimum atomic E-state index is -0.224. The van der Waals surface area contributed by atoms with E-state index in [2.05, 4.69) is 12.2 Å². The predicted octanol–water partition coefficient (Wildman–Crippen LogP) is 3.55. The first-order valence-electron chi connectivity index (χ1n) is 10.3. The van der Waals surface area contributed by atoms with Crippen molar-refractivity contribution < 1.29 is 14.0 Å². The highest BCUT2D eigenvalue weighted by Gasteiger charge is 2.33. The summed E-state index contributed by atoms with van der Waals surface area (Å²) in [7, 11) is 0. The number of piperidine rings is 1. The Labute approximate surface area is 161 Å². The molecule has 2 fully saturated rings. The number of nitrogens with one attached hydrogen (secondary N) is 1. The van der Waals surface area contributed by atoms with Gasteiger partial charge in [-0.05, 0) is 62.5 Å². The van der Waals surface area contributed by atoms with E-state index in [0.717, 1.165) is 57.5 Å². The molecule has 0 bridgehead atoms. The molecule has 1 heterocycles. The van der Waals surface area contributed by atoms with E-state index in [1.807, 2.05) is 11.0 Å². The molecule has 2 aliphatic rings. The SMILES string of the molecule is CC1CCN(C(=O)C2CCC(C(=O)NCCc3ccccc3F)CC2)CC1. The molecule has 3 rings (SSSR count). The molecule has 1 aromatic rings. The van der Waals surface area contributed by atoms with E-state index in [0.29, 0.717) is 24.4 Å². The molecule has 1 N–H and O–H groups in total. The molecule has 1 aromatic carbocycles. The number of hydrogen-bond donors (Lipinski definition) is 1. The van der Waals surface area contributed by atoms with Gasteiger partial charge in [-0.3, -0.25) is 9.59 Å².